The van der Waals surface area contributed by atoms with Gasteiger partial charge in [-0.05, 0) is 45.4 Å². The minimum atomic E-state index is 0.446. The molecule has 1 aliphatic heterocycles. The molecule has 2 heterocycles. The van der Waals surface area contributed by atoms with E-state index in [0.717, 1.165) is 6.54 Å². The normalized spacial score (nSPS) is 24.6. The Morgan fingerprint density at radius 2 is 2.40 bits per heavy atom. The van der Waals surface area contributed by atoms with Gasteiger partial charge in [-0.2, -0.15) is 0 Å². The fourth-order valence-corrected chi connectivity index (χ4v) is 3.48. The van der Waals surface area contributed by atoms with E-state index in [1.807, 2.05) is 11.3 Å². The van der Waals surface area contributed by atoms with E-state index in [9.17, 15) is 0 Å². The highest BCUT2D eigenvalue weighted by atomic mass is 32.1. The van der Waals surface area contributed by atoms with Gasteiger partial charge in [0, 0.05) is 22.3 Å². The molecule has 1 aromatic rings. The second kappa shape index (κ2) is 4.64. The molecule has 2 nitrogen and oxygen atoms in total. The van der Waals surface area contributed by atoms with Crippen molar-refractivity contribution in [2.24, 2.45) is 5.73 Å². The number of likely N-dealkylation sites (tertiary alicyclic amines) is 1. The smallest absolute Gasteiger partial charge is 0.0566 e. The zero-order valence-electron chi connectivity index (χ0n) is 9.57. The fourth-order valence-electron chi connectivity index (χ4n) is 2.47. The van der Waals surface area contributed by atoms with Gasteiger partial charge in [-0.3, -0.25) is 4.90 Å². The van der Waals surface area contributed by atoms with Gasteiger partial charge in [0.15, 0.2) is 0 Å². The first-order valence-electron chi connectivity index (χ1n) is 5.74. The molecule has 3 heteroatoms. The Balaban J connectivity index is 2.16. The topological polar surface area (TPSA) is 29.3 Å². The summed E-state index contributed by atoms with van der Waals surface area (Å²) in [6.07, 6.45) is 2.64. The van der Waals surface area contributed by atoms with Crippen LogP contribution < -0.4 is 5.73 Å². The van der Waals surface area contributed by atoms with E-state index in [4.69, 9.17) is 5.73 Å². The summed E-state index contributed by atoms with van der Waals surface area (Å²) < 4.78 is 0. The lowest BCUT2D eigenvalue weighted by molar-refractivity contribution is 0.198. The van der Waals surface area contributed by atoms with Crippen LogP contribution in [0.1, 0.15) is 35.6 Å². The third kappa shape index (κ3) is 2.25. The van der Waals surface area contributed by atoms with Crippen LogP contribution in [0.15, 0.2) is 12.1 Å². The molecule has 15 heavy (non-hydrogen) atoms. The Labute approximate surface area is 96.1 Å². The Hall–Kier alpha value is -0.380. The Kier molecular flexibility index (Phi) is 3.44. The second-order valence-electron chi connectivity index (χ2n) is 4.43. The number of nitrogens with two attached hydrogens (primary N) is 1. The van der Waals surface area contributed by atoms with Crippen molar-refractivity contribution in [3.63, 3.8) is 0 Å². The average molecular weight is 224 g/mol. The summed E-state index contributed by atoms with van der Waals surface area (Å²) in [6.45, 7) is 6.43. The molecular weight excluding hydrogens is 204 g/mol. The van der Waals surface area contributed by atoms with Gasteiger partial charge in [0.1, 0.15) is 0 Å². The molecule has 2 atom stereocenters. The molecule has 1 aromatic heterocycles. The fraction of sp³-hybridized carbons (Fsp3) is 0.667. The molecule has 0 bridgehead atoms. The van der Waals surface area contributed by atoms with E-state index in [1.54, 1.807) is 0 Å². The SMILES string of the molecule is Cc1ccc(C(CN)N2CCCC2C)s1. The summed E-state index contributed by atoms with van der Waals surface area (Å²) in [4.78, 5) is 5.38. The van der Waals surface area contributed by atoms with Gasteiger partial charge in [-0.15, -0.1) is 11.3 Å². The third-order valence-electron chi connectivity index (χ3n) is 3.32. The summed E-state index contributed by atoms with van der Waals surface area (Å²) in [5, 5.41) is 0. The minimum absolute atomic E-state index is 0.446. The van der Waals surface area contributed by atoms with E-state index in [1.165, 1.54) is 29.1 Å². The predicted molar refractivity (Wildman–Crippen MR) is 66.3 cm³/mol. The molecule has 2 unspecified atom stereocenters. The maximum atomic E-state index is 5.92. The van der Waals surface area contributed by atoms with E-state index in [0.29, 0.717) is 12.1 Å². The molecule has 84 valence electrons. The zero-order chi connectivity index (χ0) is 10.8. The van der Waals surface area contributed by atoms with Crippen molar-refractivity contribution in [2.75, 3.05) is 13.1 Å². The summed E-state index contributed by atoms with van der Waals surface area (Å²) in [5.41, 5.74) is 5.92. The third-order valence-corrected chi connectivity index (χ3v) is 4.42. The highest BCUT2D eigenvalue weighted by Crippen LogP contribution is 2.32. The monoisotopic (exact) mass is 224 g/mol. The van der Waals surface area contributed by atoms with Crippen LogP contribution in [-0.4, -0.2) is 24.0 Å². The first-order chi connectivity index (χ1) is 7.22. The molecule has 0 radical (unpaired) electrons. The number of thiophene rings is 1. The van der Waals surface area contributed by atoms with Crippen molar-refractivity contribution in [1.82, 2.24) is 4.90 Å². The predicted octanol–water partition coefficient (Wildman–Crippen LogP) is 2.54. The van der Waals surface area contributed by atoms with Gasteiger partial charge in [0.25, 0.3) is 0 Å². The van der Waals surface area contributed by atoms with Crippen LogP contribution in [0.25, 0.3) is 0 Å². The molecule has 0 aromatic carbocycles. The lowest BCUT2D eigenvalue weighted by atomic mass is 10.2. The molecule has 1 aliphatic rings. The quantitative estimate of drug-likeness (QED) is 0.855. The van der Waals surface area contributed by atoms with Crippen molar-refractivity contribution in [3.8, 4) is 0 Å². The van der Waals surface area contributed by atoms with Crippen LogP contribution in [-0.2, 0) is 0 Å². The molecule has 0 saturated carbocycles. The summed E-state index contributed by atoms with van der Waals surface area (Å²) in [6, 6.07) is 5.58. The van der Waals surface area contributed by atoms with E-state index >= 15 is 0 Å². The molecule has 0 aliphatic carbocycles. The van der Waals surface area contributed by atoms with Crippen molar-refractivity contribution in [2.45, 2.75) is 38.8 Å². The van der Waals surface area contributed by atoms with Crippen LogP contribution >= 0.6 is 11.3 Å². The van der Waals surface area contributed by atoms with Crippen molar-refractivity contribution >= 4 is 11.3 Å². The minimum Gasteiger partial charge on any atom is -0.329 e. The highest BCUT2D eigenvalue weighted by Gasteiger charge is 2.28. The first-order valence-corrected chi connectivity index (χ1v) is 6.56. The molecule has 0 spiro atoms. The highest BCUT2D eigenvalue weighted by molar-refractivity contribution is 7.12. The molecular formula is C12H20N2S. The largest absolute Gasteiger partial charge is 0.329 e. The molecule has 1 saturated heterocycles. The van der Waals surface area contributed by atoms with E-state index in [2.05, 4.69) is 30.9 Å². The molecule has 2 N–H and O–H groups in total. The maximum absolute atomic E-state index is 5.92. The summed E-state index contributed by atoms with van der Waals surface area (Å²) >= 11 is 1.89. The Bertz CT molecular complexity index is 321. The molecule has 1 fully saturated rings. The number of aryl methyl sites for hydroxylation is 1. The van der Waals surface area contributed by atoms with Gasteiger partial charge in [-0.25, -0.2) is 0 Å². The number of rotatable bonds is 3. The van der Waals surface area contributed by atoms with Crippen molar-refractivity contribution in [3.05, 3.63) is 21.9 Å². The van der Waals surface area contributed by atoms with Crippen LogP contribution in [0.5, 0.6) is 0 Å². The second-order valence-corrected chi connectivity index (χ2v) is 5.75. The standard InChI is InChI=1S/C12H20N2S/c1-9-4-3-7-14(9)11(8-13)12-6-5-10(2)15-12/h5-6,9,11H,3-4,7-8,13H2,1-2H3. The van der Waals surface area contributed by atoms with Gasteiger partial charge in [0.2, 0.25) is 0 Å². The van der Waals surface area contributed by atoms with Gasteiger partial charge >= 0.3 is 0 Å². The number of hydrogen-bond donors (Lipinski definition) is 1. The summed E-state index contributed by atoms with van der Waals surface area (Å²) in [5.74, 6) is 0. The van der Waals surface area contributed by atoms with E-state index in [-0.39, 0.29) is 0 Å². The molecule has 2 rings (SSSR count). The van der Waals surface area contributed by atoms with Crippen LogP contribution in [0, 0.1) is 6.92 Å². The van der Waals surface area contributed by atoms with E-state index < -0.39 is 0 Å². The number of hydrogen-bond acceptors (Lipinski definition) is 3. The lowest BCUT2D eigenvalue weighted by Gasteiger charge is -2.29. The zero-order valence-corrected chi connectivity index (χ0v) is 10.4. The van der Waals surface area contributed by atoms with Crippen molar-refractivity contribution in [1.29, 1.82) is 0 Å². The first kappa shape index (κ1) is 11.1. The van der Waals surface area contributed by atoms with Gasteiger partial charge in [0.05, 0.1) is 6.04 Å². The van der Waals surface area contributed by atoms with Crippen LogP contribution in [0.2, 0.25) is 0 Å². The van der Waals surface area contributed by atoms with Crippen LogP contribution in [0.3, 0.4) is 0 Å². The summed E-state index contributed by atoms with van der Waals surface area (Å²) in [7, 11) is 0. The van der Waals surface area contributed by atoms with Gasteiger partial charge < -0.3 is 5.73 Å². The average Bonchev–Trinajstić information content (AvgIpc) is 2.79. The Morgan fingerprint density at radius 1 is 1.60 bits per heavy atom. The van der Waals surface area contributed by atoms with Crippen molar-refractivity contribution < 1.29 is 0 Å². The van der Waals surface area contributed by atoms with Gasteiger partial charge in [-0.1, -0.05) is 0 Å². The molecule has 0 amide bonds. The Morgan fingerprint density at radius 3 is 2.87 bits per heavy atom. The number of nitrogens with zero attached hydrogens (tertiary/aromatic N) is 1. The maximum Gasteiger partial charge on any atom is 0.0566 e. The lowest BCUT2D eigenvalue weighted by Crippen LogP contribution is -2.35. The van der Waals surface area contributed by atoms with Crippen LogP contribution in [0.4, 0.5) is 0 Å².